The van der Waals surface area contributed by atoms with Crippen molar-refractivity contribution in [3.8, 4) is 16.9 Å². The van der Waals surface area contributed by atoms with E-state index >= 15 is 0 Å². The van der Waals surface area contributed by atoms with Gasteiger partial charge in [0, 0.05) is 35.6 Å². The summed E-state index contributed by atoms with van der Waals surface area (Å²) in [7, 11) is 0. The lowest BCUT2D eigenvalue weighted by Crippen LogP contribution is -2.09. The molecule has 4 nitrogen and oxygen atoms in total. The lowest BCUT2D eigenvalue weighted by Gasteiger charge is -2.16. The highest BCUT2D eigenvalue weighted by Gasteiger charge is 2.17. The molecule has 1 aliphatic rings. The lowest BCUT2D eigenvalue weighted by atomic mass is 9.98. The third kappa shape index (κ3) is 4.69. The molecule has 0 saturated heterocycles. The maximum Gasteiger partial charge on any atom is 0.303 e. The fraction of sp³-hybridized carbons (Fsp3) is 0.423. The molecule has 4 heteroatoms. The Hall–Kier alpha value is -2.75. The standard InChI is InChI=1S/C26H31NO3/c1-2-14-27-15-13-22-17-21(9-10-24(22)27)23-16-19(8-12-26(28)29)7-11-25(23)30-18-20-5-3-4-6-20/h7,9-11,13,15-17,20H,2-6,8,12,14,18H2,1H3,(H,28,29). The van der Waals surface area contributed by atoms with E-state index in [-0.39, 0.29) is 6.42 Å². The second-order valence-corrected chi connectivity index (χ2v) is 8.47. The smallest absolute Gasteiger partial charge is 0.303 e. The first-order valence-electron chi connectivity index (χ1n) is 11.2. The quantitative estimate of drug-likeness (QED) is 0.454. The molecule has 4 rings (SSSR count). The van der Waals surface area contributed by atoms with Crippen molar-refractivity contribution in [1.82, 2.24) is 4.57 Å². The number of rotatable bonds is 9. The van der Waals surface area contributed by atoms with Crippen LogP contribution in [0.5, 0.6) is 5.75 Å². The van der Waals surface area contributed by atoms with Crippen LogP contribution in [0.1, 0.15) is 51.0 Å². The van der Waals surface area contributed by atoms with Gasteiger partial charge in [0.25, 0.3) is 0 Å². The van der Waals surface area contributed by atoms with Gasteiger partial charge in [-0.05, 0) is 73.1 Å². The van der Waals surface area contributed by atoms with Crippen LogP contribution in [0.4, 0.5) is 0 Å². The third-order valence-corrected chi connectivity index (χ3v) is 6.17. The van der Waals surface area contributed by atoms with Gasteiger partial charge in [-0.25, -0.2) is 0 Å². The van der Waals surface area contributed by atoms with Gasteiger partial charge in [-0.15, -0.1) is 0 Å². The largest absolute Gasteiger partial charge is 0.493 e. The second-order valence-electron chi connectivity index (χ2n) is 8.47. The van der Waals surface area contributed by atoms with Crippen molar-refractivity contribution in [1.29, 1.82) is 0 Å². The molecule has 0 radical (unpaired) electrons. The van der Waals surface area contributed by atoms with Gasteiger partial charge in [0.15, 0.2) is 0 Å². The SMILES string of the molecule is CCCn1ccc2cc(-c3cc(CCC(=O)O)ccc3OCC3CCCC3)ccc21. The molecular weight excluding hydrogens is 374 g/mol. The Morgan fingerprint density at radius 1 is 1.13 bits per heavy atom. The van der Waals surface area contributed by atoms with Gasteiger partial charge in [-0.3, -0.25) is 4.79 Å². The van der Waals surface area contributed by atoms with Crippen LogP contribution in [-0.2, 0) is 17.8 Å². The summed E-state index contributed by atoms with van der Waals surface area (Å²) >= 11 is 0. The average Bonchev–Trinajstić information content (AvgIpc) is 3.41. The van der Waals surface area contributed by atoms with Crippen molar-refractivity contribution in [3.05, 3.63) is 54.2 Å². The van der Waals surface area contributed by atoms with Crippen LogP contribution >= 0.6 is 0 Å². The second kappa shape index (κ2) is 9.38. The van der Waals surface area contributed by atoms with E-state index in [0.29, 0.717) is 12.3 Å². The molecule has 1 N–H and O–H groups in total. The van der Waals surface area contributed by atoms with E-state index in [9.17, 15) is 4.79 Å². The summed E-state index contributed by atoms with van der Waals surface area (Å²) in [5.41, 5.74) is 4.46. The molecule has 158 valence electrons. The molecular formula is C26H31NO3. The van der Waals surface area contributed by atoms with E-state index in [0.717, 1.165) is 42.0 Å². The van der Waals surface area contributed by atoms with Crippen LogP contribution < -0.4 is 4.74 Å². The third-order valence-electron chi connectivity index (χ3n) is 6.17. The molecule has 30 heavy (non-hydrogen) atoms. The van der Waals surface area contributed by atoms with Crippen molar-refractivity contribution >= 4 is 16.9 Å². The van der Waals surface area contributed by atoms with E-state index in [4.69, 9.17) is 9.84 Å². The van der Waals surface area contributed by atoms with E-state index in [2.05, 4.69) is 48.0 Å². The molecule has 1 aliphatic carbocycles. The normalized spacial score (nSPS) is 14.4. The molecule has 0 aliphatic heterocycles. The minimum Gasteiger partial charge on any atom is -0.493 e. The monoisotopic (exact) mass is 405 g/mol. The zero-order chi connectivity index (χ0) is 20.9. The van der Waals surface area contributed by atoms with Gasteiger partial charge in [0.2, 0.25) is 0 Å². The van der Waals surface area contributed by atoms with Gasteiger partial charge < -0.3 is 14.4 Å². The van der Waals surface area contributed by atoms with Crippen LogP contribution in [0.25, 0.3) is 22.0 Å². The lowest BCUT2D eigenvalue weighted by molar-refractivity contribution is -0.136. The molecule has 1 saturated carbocycles. The number of carboxylic acid groups (broad SMARTS) is 1. The minimum absolute atomic E-state index is 0.140. The van der Waals surface area contributed by atoms with Crippen molar-refractivity contribution in [2.24, 2.45) is 5.92 Å². The Morgan fingerprint density at radius 2 is 1.97 bits per heavy atom. The number of hydrogen-bond acceptors (Lipinski definition) is 2. The molecule has 2 aromatic carbocycles. The number of nitrogens with zero attached hydrogens (tertiary/aromatic N) is 1. The predicted molar refractivity (Wildman–Crippen MR) is 121 cm³/mol. The van der Waals surface area contributed by atoms with Gasteiger partial charge in [0.05, 0.1) is 6.61 Å². The van der Waals surface area contributed by atoms with E-state index in [1.807, 2.05) is 12.1 Å². The number of aromatic nitrogens is 1. The summed E-state index contributed by atoms with van der Waals surface area (Å²) in [6, 6.07) is 14.9. The van der Waals surface area contributed by atoms with Crippen LogP contribution in [0.15, 0.2) is 48.7 Å². The van der Waals surface area contributed by atoms with Crippen LogP contribution in [0.2, 0.25) is 0 Å². The van der Waals surface area contributed by atoms with E-state index in [1.54, 1.807) is 0 Å². The number of ether oxygens (including phenoxy) is 1. The number of aryl methyl sites for hydroxylation is 2. The fourth-order valence-corrected chi connectivity index (χ4v) is 4.52. The summed E-state index contributed by atoms with van der Waals surface area (Å²) in [6.07, 6.45) is 9.04. The molecule has 1 aromatic heterocycles. The summed E-state index contributed by atoms with van der Waals surface area (Å²) < 4.78 is 8.58. The average molecular weight is 406 g/mol. The predicted octanol–water partition coefficient (Wildman–Crippen LogP) is 6.30. The first-order valence-corrected chi connectivity index (χ1v) is 11.2. The van der Waals surface area contributed by atoms with E-state index in [1.165, 1.54) is 36.6 Å². The van der Waals surface area contributed by atoms with Gasteiger partial charge >= 0.3 is 5.97 Å². The molecule has 1 heterocycles. The van der Waals surface area contributed by atoms with Crippen LogP contribution in [0.3, 0.4) is 0 Å². The Balaban J connectivity index is 1.65. The molecule has 1 fully saturated rings. The number of aliphatic carboxylic acids is 1. The van der Waals surface area contributed by atoms with Gasteiger partial charge in [-0.2, -0.15) is 0 Å². The highest BCUT2D eigenvalue weighted by atomic mass is 16.5. The molecule has 0 spiro atoms. The fourth-order valence-electron chi connectivity index (χ4n) is 4.52. The number of carboxylic acids is 1. The number of hydrogen-bond donors (Lipinski definition) is 1. The van der Waals surface area contributed by atoms with Crippen LogP contribution in [-0.4, -0.2) is 22.2 Å². The molecule has 0 unspecified atom stereocenters. The molecule has 0 amide bonds. The maximum absolute atomic E-state index is 11.0. The Morgan fingerprint density at radius 3 is 2.73 bits per heavy atom. The van der Waals surface area contributed by atoms with Crippen LogP contribution in [0, 0.1) is 5.92 Å². The number of fused-ring (bicyclic) bond motifs is 1. The summed E-state index contributed by atoms with van der Waals surface area (Å²) in [5, 5.41) is 10.3. The van der Waals surface area contributed by atoms with Crippen molar-refractivity contribution in [2.75, 3.05) is 6.61 Å². The Kier molecular flexibility index (Phi) is 6.41. The first-order chi connectivity index (χ1) is 14.6. The van der Waals surface area contributed by atoms with Crippen molar-refractivity contribution < 1.29 is 14.6 Å². The van der Waals surface area contributed by atoms with Gasteiger partial charge in [0.1, 0.15) is 5.75 Å². The number of carbonyl (C=O) groups is 1. The first kappa shape index (κ1) is 20.5. The minimum atomic E-state index is -0.767. The highest BCUT2D eigenvalue weighted by molar-refractivity contribution is 5.87. The molecule has 3 aromatic rings. The number of benzene rings is 2. The summed E-state index contributed by atoms with van der Waals surface area (Å²) in [5.74, 6) is 0.778. The summed E-state index contributed by atoms with van der Waals surface area (Å²) in [6.45, 7) is 3.97. The van der Waals surface area contributed by atoms with Gasteiger partial charge in [-0.1, -0.05) is 31.9 Å². The zero-order valence-corrected chi connectivity index (χ0v) is 17.8. The Bertz CT molecular complexity index is 1010. The van der Waals surface area contributed by atoms with Crippen molar-refractivity contribution in [3.63, 3.8) is 0 Å². The maximum atomic E-state index is 11.0. The zero-order valence-electron chi connectivity index (χ0n) is 17.8. The highest BCUT2D eigenvalue weighted by Crippen LogP contribution is 2.35. The van der Waals surface area contributed by atoms with Crippen molar-refractivity contribution in [2.45, 2.75) is 58.4 Å². The molecule has 0 bridgehead atoms. The Labute approximate surface area is 178 Å². The topological polar surface area (TPSA) is 51.5 Å². The summed E-state index contributed by atoms with van der Waals surface area (Å²) in [4.78, 5) is 11.0. The molecule has 0 atom stereocenters. The van der Waals surface area contributed by atoms with E-state index < -0.39 is 5.97 Å².